The summed E-state index contributed by atoms with van der Waals surface area (Å²) in [4.78, 5) is 0. The first kappa shape index (κ1) is 17.6. The van der Waals surface area contributed by atoms with Gasteiger partial charge in [0.05, 0.1) is 12.1 Å². The van der Waals surface area contributed by atoms with E-state index in [1.54, 1.807) is 0 Å². The summed E-state index contributed by atoms with van der Waals surface area (Å²) < 4.78 is 0. The van der Waals surface area contributed by atoms with Crippen LogP contribution in [0.25, 0.3) is 21.5 Å². The number of fused-ring (bicyclic) bond motifs is 2. The molecule has 5 rings (SSSR count). The van der Waals surface area contributed by atoms with Crippen molar-refractivity contribution >= 4 is 21.5 Å². The molecular weight excluding hydrogens is 350 g/mol. The monoisotopic (exact) mass is 371 g/mol. The molecule has 138 valence electrons. The predicted molar refractivity (Wildman–Crippen MR) is 122 cm³/mol. The summed E-state index contributed by atoms with van der Waals surface area (Å²) in [6.45, 7) is 0. The summed E-state index contributed by atoms with van der Waals surface area (Å²) in [6, 6.07) is 30.0. The topological polar surface area (TPSA) is 12.0 Å². The van der Waals surface area contributed by atoms with E-state index in [9.17, 15) is 0 Å². The molecule has 4 aromatic carbocycles. The van der Waals surface area contributed by atoms with E-state index in [1.165, 1.54) is 21.5 Å². The van der Waals surface area contributed by atoms with Crippen LogP contribution < -0.4 is 5.32 Å². The maximum Gasteiger partial charge on any atom is 0.0703 e. The van der Waals surface area contributed by atoms with Gasteiger partial charge in [0.25, 0.3) is 0 Å². The van der Waals surface area contributed by atoms with Crippen LogP contribution in [0.4, 0.5) is 0 Å². The third kappa shape index (κ3) is 4.02. The number of rotatable bonds is 0. The number of hydrogen-bond donors (Lipinski definition) is 1. The SMILES string of the molecule is C(#C[C@@H]1CC[C@@H](C#Cc2ccc3ccccc3c2)N1)c1ccc2ccccc2c1. The van der Waals surface area contributed by atoms with Gasteiger partial charge in [-0.3, -0.25) is 5.32 Å². The summed E-state index contributed by atoms with van der Waals surface area (Å²) in [5.74, 6) is 13.4. The summed E-state index contributed by atoms with van der Waals surface area (Å²) in [5.41, 5.74) is 2.13. The van der Waals surface area contributed by atoms with E-state index < -0.39 is 0 Å². The average molecular weight is 371 g/mol. The van der Waals surface area contributed by atoms with Crippen molar-refractivity contribution in [3.05, 3.63) is 96.1 Å². The zero-order valence-electron chi connectivity index (χ0n) is 16.2. The standard InChI is InChI=1S/C28H21N/c1-3-7-25-19-21(9-13-23(25)5-1)11-15-27-17-18-28(29-27)16-12-22-10-14-24-6-2-4-8-26(24)20-22/h1-10,13-14,19-20,27-29H,17-18H2/t27-,28-/m1/s1. The molecule has 0 spiro atoms. The van der Waals surface area contributed by atoms with Gasteiger partial charge in [-0.15, -0.1) is 0 Å². The maximum atomic E-state index is 3.56. The third-order valence-corrected chi connectivity index (χ3v) is 5.43. The quantitative estimate of drug-likeness (QED) is 0.402. The minimum Gasteiger partial charge on any atom is -0.290 e. The first-order chi connectivity index (χ1) is 14.3. The van der Waals surface area contributed by atoms with Crippen molar-refractivity contribution in [3.8, 4) is 23.7 Å². The molecule has 1 saturated heterocycles. The molecule has 2 atom stereocenters. The van der Waals surface area contributed by atoms with E-state index >= 15 is 0 Å². The Bertz CT molecular complexity index is 1210. The van der Waals surface area contributed by atoms with E-state index in [1.807, 2.05) is 0 Å². The fourth-order valence-electron chi connectivity index (χ4n) is 3.85. The zero-order chi connectivity index (χ0) is 19.5. The van der Waals surface area contributed by atoms with Crippen LogP contribution in [0.2, 0.25) is 0 Å². The van der Waals surface area contributed by atoms with Crippen molar-refractivity contribution in [1.29, 1.82) is 0 Å². The molecule has 4 aromatic rings. The molecule has 0 unspecified atom stereocenters. The van der Waals surface area contributed by atoms with Crippen LogP contribution in [0, 0.1) is 23.7 Å². The van der Waals surface area contributed by atoms with Gasteiger partial charge in [0.1, 0.15) is 0 Å². The van der Waals surface area contributed by atoms with Crippen LogP contribution in [0.3, 0.4) is 0 Å². The van der Waals surface area contributed by atoms with Crippen molar-refractivity contribution in [2.75, 3.05) is 0 Å². The Morgan fingerprint density at radius 3 is 1.48 bits per heavy atom. The minimum atomic E-state index is 0.206. The van der Waals surface area contributed by atoms with Gasteiger partial charge in [-0.1, -0.05) is 84.3 Å². The lowest BCUT2D eigenvalue weighted by atomic mass is 10.1. The molecule has 1 heteroatoms. The van der Waals surface area contributed by atoms with Gasteiger partial charge in [0.2, 0.25) is 0 Å². The van der Waals surface area contributed by atoms with Crippen molar-refractivity contribution in [1.82, 2.24) is 5.32 Å². The van der Waals surface area contributed by atoms with Crippen LogP contribution in [-0.2, 0) is 0 Å². The van der Waals surface area contributed by atoms with Crippen LogP contribution in [-0.4, -0.2) is 12.1 Å². The highest BCUT2D eigenvalue weighted by molar-refractivity contribution is 5.84. The molecule has 29 heavy (non-hydrogen) atoms. The Labute approximate surface area is 171 Å². The molecule has 0 radical (unpaired) electrons. The average Bonchev–Trinajstić information content (AvgIpc) is 3.24. The fourth-order valence-corrected chi connectivity index (χ4v) is 3.85. The predicted octanol–water partition coefficient (Wildman–Crippen LogP) is 5.52. The van der Waals surface area contributed by atoms with Crippen LogP contribution in [0.1, 0.15) is 24.0 Å². The molecule has 1 aliphatic heterocycles. The lowest BCUT2D eigenvalue weighted by Crippen LogP contribution is -2.27. The van der Waals surface area contributed by atoms with Gasteiger partial charge >= 0.3 is 0 Å². The van der Waals surface area contributed by atoms with Gasteiger partial charge in [-0.05, 0) is 58.7 Å². The van der Waals surface area contributed by atoms with Gasteiger partial charge in [-0.2, -0.15) is 0 Å². The van der Waals surface area contributed by atoms with Gasteiger partial charge in [-0.25, -0.2) is 0 Å². The van der Waals surface area contributed by atoms with Gasteiger partial charge in [0, 0.05) is 11.1 Å². The molecule has 0 bridgehead atoms. The van der Waals surface area contributed by atoms with E-state index in [0.29, 0.717) is 0 Å². The highest BCUT2D eigenvalue weighted by Crippen LogP contribution is 2.17. The Morgan fingerprint density at radius 1 is 0.552 bits per heavy atom. The molecule has 1 N–H and O–H groups in total. The molecule has 1 aliphatic rings. The lowest BCUT2D eigenvalue weighted by Gasteiger charge is -2.03. The van der Waals surface area contributed by atoms with Crippen molar-refractivity contribution in [3.63, 3.8) is 0 Å². The molecule has 0 amide bonds. The Balaban J connectivity index is 1.27. The molecule has 0 aromatic heterocycles. The molecule has 0 aliphatic carbocycles. The second-order valence-corrected chi connectivity index (χ2v) is 7.51. The highest BCUT2D eigenvalue weighted by Gasteiger charge is 2.20. The first-order valence-electron chi connectivity index (χ1n) is 10.1. The summed E-state index contributed by atoms with van der Waals surface area (Å²) in [7, 11) is 0. The van der Waals surface area contributed by atoms with Crippen molar-refractivity contribution in [2.24, 2.45) is 0 Å². The van der Waals surface area contributed by atoms with Crippen LogP contribution >= 0.6 is 0 Å². The highest BCUT2D eigenvalue weighted by atomic mass is 15.0. The van der Waals surface area contributed by atoms with Crippen molar-refractivity contribution < 1.29 is 0 Å². The summed E-state index contributed by atoms with van der Waals surface area (Å²) >= 11 is 0. The molecule has 0 saturated carbocycles. The molecular formula is C28H21N. The van der Waals surface area contributed by atoms with E-state index in [4.69, 9.17) is 0 Å². The number of nitrogens with one attached hydrogen (secondary N) is 1. The van der Waals surface area contributed by atoms with Crippen LogP contribution in [0.15, 0.2) is 84.9 Å². The molecule has 1 nitrogen and oxygen atoms in total. The van der Waals surface area contributed by atoms with E-state index in [-0.39, 0.29) is 12.1 Å². The second-order valence-electron chi connectivity index (χ2n) is 7.51. The Kier molecular flexibility index (Phi) is 4.75. The van der Waals surface area contributed by atoms with Gasteiger partial charge < -0.3 is 0 Å². The molecule has 1 heterocycles. The van der Waals surface area contributed by atoms with E-state index in [2.05, 4.69) is 114 Å². The Morgan fingerprint density at radius 2 is 1.00 bits per heavy atom. The van der Waals surface area contributed by atoms with Gasteiger partial charge in [0.15, 0.2) is 0 Å². The minimum absolute atomic E-state index is 0.206. The number of benzene rings is 4. The van der Waals surface area contributed by atoms with E-state index in [0.717, 1.165) is 24.0 Å². The Hall–Kier alpha value is -3.52. The fraction of sp³-hybridized carbons (Fsp3) is 0.143. The summed E-state index contributed by atoms with van der Waals surface area (Å²) in [6.07, 6.45) is 2.08. The maximum absolute atomic E-state index is 3.56. The third-order valence-electron chi connectivity index (χ3n) is 5.43. The zero-order valence-corrected chi connectivity index (χ0v) is 16.2. The first-order valence-corrected chi connectivity index (χ1v) is 10.1. The normalized spacial score (nSPS) is 18.1. The van der Waals surface area contributed by atoms with Crippen molar-refractivity contribution in [2.45, 2.75) is 24.9 Å². The lowest BCUT2D eigenvalue weighted by molar-refractivity contribution is 0.696. The number of hydrogen-bond acceptors (Lipinski definition) is 1. The smallest absolute Gasteiger partial charge is 0.0703 e. The second kappa shape index (κ2) is 7.84. The largest absolute Gasteiger partial charge is 0.290 e. The van der Waals surface area contributed by atoms with Crippen LogP contribution in [0.5, 0.6) is 0 Å². The summed E-state index contributed by atoms with van der Waals surface area (Å²) in [5, 5.41) is 8.53. The molecule has 1 fully saturated rings.